The molecule has 0 bridgehead atoms. The van der Waals surface area contributed by atoms with E-state index in [-0.39, 0.29) is 18.4 Å². The third kappa shape index (κ3) is 3.17. The van der Waals surface area contributed by atoms with Crippen LogP contribution in [-0.2, 0) is 13.1 Å². The molecule has 136 valence electrons. The molecule has 0 aliphatic carbocycles. The van der Waals surface area contributed by atoms with Crippen molar-refractivity contribution in [2.75, 3.05) is 25.0 Å². The number of aliphatic hydroxyl groups is 1. The van der Waals surface area contributed by atoms with E-state index in [1.54, 1.807) is 0 Å². The second-order valence-electron chi connectivity index (χ2n) is 6.91. The molecule has 1 aliphatic heterocycles. The van der Waals surface area contributed by atoms with Crippen LogP contribution in [0.2, 0.25) is 0 Å². The van der Waals surface area contributed by atoms with Crippen LogP contribution in [0.25, 0.3) is 10.9 Å². The van der Waals surface area contributed by atoms with E-state index in [9.17, 15) is 4.79 Å². The molecule has 3 aromatic rings. The molecule has 3 N–H and O–H groups in total. The molecule has 3 heterocycles. The van der Waals surface area contributed by atoms with Crippen LogP contribution in [-0.4, -0.2) is 50.4 Å². The lowest BCUT2D eigenvalue weighted by Gasteiger charge is -2.27. The summed E-state index contributed by atoms with van der Waals surface area (Å²) < 4.78 is 1.95. The van der Waals surface area contributed by atoms with Gasteiger partial charge < -0.3 is 20.3 Å². The Balaban J connectivity index is 1.47. The zero-order valence-corrected chi connectivity index (χ0v) is 14.8. The van der Waals surface area contributed by atoms with Crippen molar-refractivity contribution in [2.24, 2.45) is 5.92 Å². The van der Waals surface area contributed by atoms with Crippen molar-refractivity contribution in [1.82, 2.24) is 19.7 Å². The average Bonchev–Trinajstić information content (AvgIpc) is 3.28. The lowest BCUT2D eigenvalue weighted by molar-refractivity contribution is 0.0701. The van der Waals surface area contributed by atoms with Gasteiger partial charge in [-0.25, -0.2) is 0 Å². The van der Waals surface area contributed by atoms with Crippen molar-refractivity contribution in [1.29, 1.82) is 0 Å². The SMILES string of the molecule is CC(CO)CNc1cc2n(n1)CCN(C(=O)c1cc3ccccc3[nH]1)C2. The van der Waals surface area contributed by atoms with Crippen LogP contribution in [0, 0.1) is 5.92 Å². The molecule has 0 radical (unpaired) electrons. The molecule has 7 heteroatoms. The Kier molecular flexibility index (Phi) is 4.38. The maximum atomic E-state index is 12.9. The van der Waals surface area contributed by atoms with Gasteiger partial charge in [0.2, 0.25) is 0 Å². The summed E-state index contributed by atoms with van der Waals surface area (Å²) in [7, 11) is 0. The van der Waals surface area contributed by atoms with E-state index in [1.165, 1.54) is 0 Å². The maximum Gasteiger partial charge on any atom is 0.270 e. The van der Waals surface area contributed by atoms with Crippen LogP contribution in [0.5, 0.6) is 0 Å². The number of rotatable bonds is 5. The van der Waals surface area contributed by atoms with Gasteiger partial charge in [-0.3, -0.25) is 9.48 Å². The molecule has 1 aromatic carbocycles. The number of hydrogen-bond acceptors (Lipinski definition) is 4. The summed E-state index contributed by atoms with van der Waals surface area (Å²) in [5, 5.41) is 17.9. The van der Waals surface area contributed by atoms with Crippen LogP contribution in [0.4, 0.5) is 5.82 Å². The molecule has 1 aliphatic rings. The molecule has 0 spiro atoms. The highest BCUT2D eigenvalue weighted by Gasteiger charge is 2.24. The summed E-state index contributed by atoms with van der Waals surface area (Å²) in [5.41, 5.74) is 2.61. The third-order valence-corrected chi connectivity index (χ3v) is 4.79. The Labute approximate surface area is 151 Å². The number of fused-ring (bicyclic) bond motifs is 2. The number of nitrogens with zero attached hydrogens (tertiary/aromatic N) is 3. The number of aliphatic hydroxyl groups excluding tert-OH is 1. The Morgan fingerprint density at radius 3 is 3.00 bits per heavy atom. The fraction of sp³-hybridized carbons (Fsp3) is 0.368. The van der Waals surface area contributed by atoms with Crippen molar-refractivity contribution in [2.45, 2.75) is 20.0 Å². The lowest BCUT2D eigenvalue weighted by Crippen LogP contribution is -2.38. The van der Waals surface area contributed by atoms with Crippen molar-refractivity contribution in [3.8, 4) is 0 Å². The zero-order chi connectivity index (χ0) is 18.1. The summed E-state index contributed by atoms with van der Waals surface area (Å²) >= 11 is 0. The van der Waals surface area contributed by atoms with Gasteiger partial charge in [-0.05, 0) is 18.1 Å². The predicted molar refractivity (Wildman–Crippen MR) is 100 cm³/mol. The van der Waals surface area contributed by atoms with Crippen LogP contribution < -0.4 is 5.32 Å². The normalized spacial score (nSPS) is 15.1. The van der Waals surface area contributed by atoms with Gasteiger partial charge in [0.15, 0.2) is 0 Å². The van der Waals surface area contributed by atoms with E-state index in [0.29, 0.717) is 31.9 Å². The minimum absolute atomic E-state index is 0.0112. The van der Waals surface area contributed by atoms with Crippen molar-refractivity contribution < 1.29 is 9.90 Å². The third-order valence-electron chi connectivity index (χ3n) is 4.79. The second kappa shape index (κ2) is 6.84. The van der Waals surface area contributed by atoms with Crippen molar-refractivity contribution >= 4 is 22.6 Å². The van der Waals surface area contributed by atoms with E-state index in [0.717, 1.165) is 22.4 Å². The maximum absolute atomic E-state index is 12.9. The number of para-hydroxylation sites is 1. The fourth-order valence-electron chi connectivity index (χ4n) is 3.23. The number of nitrogens with one attached hydrogen (secondary N) is 2. The number of anilines is 1. The Morgan fingerprint density at radius 1 is 1.35 bits per heavy atom. The van der Waals surface area contributed by atoms with E-state index in [4.69, 9.17) is 5.11 Å². The quantitative estimate of drug-likeness (QED) is 0.655. The van der Waals surface area contributed by atoms with Gasteiger partial charge in [0, 0.05) is 36.7 Å². The first-order valence-corrected chi connectivity index (χ1v) is 8.92. The summed E-state index contributed by atoms with van der Waals surface area (Å²) in [4.78, 5) is 17.9. The highest BCUT2D eigenvalue weighted by Crippen LogP contribution is 2.21. The summed E-state index contributed by atoms with van der Waals surface area (Å²) in [6.45, 7) is 4.65. The molecule has 1 unspecified atom stereocenters. The second-order valence-corrected chi connectivity index (χ2v) is 6.91. The van der Waals surface area contributed by atoms with Crippen LogP contribution in [0.15, 0.2) is 36.4 Å². The molecule has 0 saturated heterocycles. The first-order valence-electron chi connectivity index (χ1n) is 8.92. The standard InChI is InChI=1S/C19H23N5O2/c1-13(12-25)10-20-18-9-15-11-23(6-7-24(15)22-18)19(26)17-8-14-4-2-3-5-16(14)21-17/h2-5,8-9,13,21,25H,6-7,10-12H2,1H3,(H,20,22). The molecule has 0 saturated carbocycles. The zero-order valence-electron chi connectivity index (χ0n) is 14.8. The number of carbonyl (C=O) groups is 1. The number of carbonyl (C=O) groups excluding carboxylic acids is 1. The minimum atomic E-state index is 0.0112. The monoisotopic (exact) mass is 353 g/mol. The van der Waals surface area contributed by atoms with Gasteiger partial charge in [-0.1, -0.05) is 25.1 Å². The lowest BCUT2D eigenvalue weighted by atomic mass is 10.2. The molecule has 2 aromatic heterocycles. The smallest absolute Gasteiger partial charge is 0.270 e. The fourth-order valence-corrected chi connectivity index (χ4v) is 3.23. The molecule has 1 amide bonds. The summed E-state index contributed by atoms with van der Waals surface area (Å²) in [6.07, 6.45) is 0. The van der Waals surface area contributed by atoms with Crippen molar-refractivity contribution in [3.63, 3.8) is 0 Å². The number of aromatic nitrogens is 3. The van der Waals surface area contributed by atoms with Gasteiger partial charge in [-0.15, -0.1) is 0 Å². The van der Waals surface area contributed by atoms with E-state index < -0.39 is 0 Å². The van der Waals surface area contributed by atoms with Gasteiger partial charge in [-0.2, -0.15) is 5.10 Å². The van der Waals surface area contributed by atoms with Crippen molar-refractivity contribution in [3.05, 3.63) is 47.8 Å². The van der Waals surface area contributed by atoms with E-state index >= 15 is 0 Å². The van der Waals surface area contributed by atoms with E-state index in [2.05, 4.69) is 15.4 Å². The topological polar surface area (TPSA) is 86.2 Å². The number of aromatic amines is 1. The number of H-pyrrole nitrogens is 1. The first kappa shape index (κ1) is 16.7. The Bertz CT molecular complexity index is 896. The van der Waals surface area contributed by atoms with E-state index in [1.807, 2.05) is 52.9 Å². The summed E-state index contributed by atoms with van der Waals surface area (Å²) in [6, 6.07) is 11.8. The highest BCUT2D eigenvalue weighted by molar-refractivity contribution is 5.98. The highest BCUT2D eigenvalue weighted by atomic mass is 16.3. The number of benzene rings is 1. The minimum Gasteiger partial charge on any atom is -0.396 e. The van der Waals surface area contributed by atoms with Crippen LogP contribution in [0.3, 0.4) is 0 Å². The molecule has 4 rings (SSSR count). The van der Waals surface area contributed by atoms with Gasteiger partial charge >= 0.3 is 0 Å². The number of hydrogen-bond donors (Lipinski definition) is 3. The predicted octanol–water partition coefficient (Wildman–Crippen LogP) is 2.06. The van der Waals surface area contributed by atoms with Gasteiger partial charge in [0.05, 0.1) is 18.8 Å². The average molecular weight is 353 g/mol. The van der Waals surface area contributed by atoms with Crippen LogP contribution in [0.1, 0.15) is 23.1 Å². The molecular weight excluding hydrogens is 330 g/mol. The summed E-state index contributed by atoms with van der Waals surface area (Å²) in [5.74, 6) is 0.978. The first-order chi connectivity index (χ1) is 12.6. The Morgan fingerprint density at radius 2 is 2.19 bits per heavy atom. The largest absolute Gasteiger partial charge is 0.396 e. The van der Waals surface area contributed by atoms with Gasteiger partial charge in [0.1, 0.15) is 11.5 Å². The number of amides is 1. The van der Waals surface area contributed by atoms with Gasteiger partial charge in [0.25, 0.3) is 5.91 Å². The molecule has 26 heavy (non-hydrogen) atoms. The Hall–Kier alpha value is -2.80. The molecule has 1 atom stereocenters. The molecular formula is C19H23N5O2. The molecule has 7 nitrogen and oxygen atoms in total. The van der Waals surface area contributed by atoms with Crippen LogP contribution >= 0.6 is 0 Å². The molecule has 0 fully saturated rings.